The molecule has 3 N–H and O–H groups in total. The molecule has 0 saturated heterocycles. The van der Waals surface area contributed by atoms with Crippen molar-refractivity contribution in [3.63, 3.8) is 0 Å². The van der Waals surface area contributed by atoms with Crippen molar-refractivity contribution >= 4 is 28.9 Å². The number of aromatic nitrogens is 1. The third-order valence-electron chi connectivity index (χ3n) is 2.42. The Morgan fingerprint density at radius 1 is 1.44 bits per heavy atom. The molecule has 18 heavy (non-hydrogen) atoms. The average molecular weight is 277 g/mol. The highest BCUT2D eigenvalue weighted by Crippen LogP contribution is 2.38. The summed E-state index contributed by atoms with van der Waals surface area (Å²) in [6, 6.07) is 10.2. The summed E-state index contributed by atoms with van der Waals surface area (Å²) in [5.74, 6) is 0.213. The monoisotopic (exact) mass is 277 g/mol. The van der Waals surface area contributed by atoms with E-state index in [2.05, 4.69) is 17.1 Å². The van der Waals surface area contributed by atoms with E-state index in [0.717, 1.165) is 10.0 Å². The van der Waals surface area contributed by atoms with E-state index in [9.17, 15) is 0 Å². The van der Waals surface area contributed by atoms with Crippen molar-refractivity contribution in [1.29, 1.82) is 5.41 Å². The molecule has 2 rings (SSSR count). The van der Waals surface area contributed by atoms with Gasteiger partial charge in [0.05, 0.1) is 5.84 Å². The van der Waals surface area contributed by atoms with Gasteiger partial charge in [-0.25, -0.2) is 4.98 Å². The van der Waals surface area contributed by atoms with Gasteiger partial charge in [0, 0.05) is 22.7 Å². The van der Waals surface area contributed by atoms with Crippen LogP contribution in [0.5, 0.6) is 0 Å². The van der Waals surface area contributed by atoms with Crippen LogP contribution in [0.1, 0.15) is 22.9 Å². The summed E-state index contributed by atoms with van der Waals surface area (Å²) >= 11 is 3.32. The second-order valence-corrected chi connectivity index (χ2v) is 6.31. The van der Waals surface area contributed by atoms with Gasteiger partial charge in [0.15, 0.2) is 4.34 Å². The number of hydrogen-bond donors (Lipinski definition) is 2. The fraction of sp³-hybridized carbons (Fsp3) is 0.231. The molecule has 0 fully saturated rings. The number of nitrogens with one attached hydrogen (secondary N) is 1. The molecule has 1 unspecified atom stereocenters. The van der Waals surface area contributed by atoms with Crippen molar-refractivity contribution in [2.75, 3.05) is 0 Å². The molecular formula is C13H15N3S2. The molecule has 0 aliphatic carbocycles. The van der Waals surface area contributed by atoms with Gasteiger partial charge in [-0.2, -0.15) is 0 Å². The maximum Gasteiger partial charge on any atom is 0.150 e. The standard InChI is InChI=1S/C13H15N3S2/c1-9-8-17-13(16-9)18-11(7-12(14)15)10-5-3-2-4-6-10/h2-6,8,11H,7H2,1H3,(H3,14,15). The van der Waals surface area contributed by atoms with Gasteiger partial charge in [-0.1, -0.05) is 42.1 Å². The van der Waals surface area contributed by atoms with E-state index in [4.69, 9.17) is 11.1 Å². The first-order valence-corrected chi connectivity index (χ1v) is 7.37. The normalized spacial score (nSPS) is 12.3. The summed E-state index contributed by atoms with van der Waals surface area (Å²) in [6.07, 6.45) is 0.549. The zero-order valence-electron chi connectivity index (χ0n) is 10.1. The third kappa shape index (κ3) is 3.58. The highest BCUT2D eigenvalue weighted by Gasteiger charge is 2.16. The van der Waals surface area contributed by atoms with Crippen molar-refractivity contribution in [1.82, 2.24) is 4.98 Å². The van der Waals surface area contributed by atoms with E-state index in [1.165, 1.54) is 5.56 Å². The molecule has 0 aliphatic heterocycles. The molecule has 3 nitrogen and oxygen atoms in total. The number of hydrogen-bond acceptors (Lipinski definition) is 4. The highest BCUT2D eigenvalue weighted by molar-refractivity contribution is 8.01. The van der Waals surface area contributed by atoms with Crippen LogP contribution < -0.4 is 5.73 Å². The summed E-state index contributed by atoms with van der Waals surface area (Å²) in [4.78, 5) is 4.45. The van der Waals surface area contributed by atoms with Gasteiger partial charge in [0.25, 0.3) is 0 Å². The zero-order chi connectivity index (χ0) is 13.0. The van der Waals surface area contributed by atoms with Crippen LogP contribution in [0.25, 0.3) is 0 Å². The molecule has 0 amide bonds. The molecule has 1 aromatic carbocycles. The summed E-state index contributed by atoms with van der Waals surface area (Å²) < 4.78 is 1.03. The Labute approximate surface area is 115 Å². The van der Waals surface area contributed by atoms with E-state index >= 15 is 0 Å². The number of benzene rings is 1. The fourth-order valence-corrected chi connectivity index (χ4v) is 3.84. The number of amidine groups is 1. The predicted molar refractivity (Wildman–Crippen MR) is 78.4 cm³/mol. The zero-order valence-corrected chi connectivity index (χ0v) is 11.7. The second-order valence-electron chi connectivity index (χ2n) is 4.00. The quantitative estimate of drug-likeness (QED) is 0.498. The summed E-state index contributed by atoms with van der Waals surface area (Å²) in [6.45, 7) is 1.99. The smallest absolute Gasteiger partial charge is 0.150 e. The van der Waals surface area contributed by atoms with Gasteiger partial charge >= 0.3 is 0 Å². The summed E-state index contributed by atoms with van der Waals surface area (Å²) in [5, 5.41) is 9.69. The van der Waals surface area contributed by atoms with Gasteiger partial charge in [-0.3, -0.25) is 5.41 Å². The molecule has 1 heterocycles. The number of nitrogens with zero attached hydrogens (tertiary/aromatic N) is 1. The Balaban J connectivity index is 2.18. The van der Waals surface area contributed by atoms with E-state index in [1.807, 2.05) is 30.5 Å². The molecular weight excluding hydrogens is 262 g/mol. The van der Waals surface area contributed by atoms with Crippen LogP contribution >= 0.6 is 23.1 Å². The summed E-state index contributed by atoms with van der Waals surface area (Å²) in [5.41, 5.74) is 7.77. The minimum absolute atomic E-state index is 0.161. The first-order valence-electron chi connectivity index (χ1n) is 5.62. The molecule has 1 aromatic heterocycles. The van der Waals surface area contributed by atoms with Crippen molar-refractivity contribution in [2.24, 2.45) is 5.73 Å². The number of rotatable bonds is 5. The van der Waals surface area contributed by atoms with Crippen LogP contribution in [0, 0.1) is 12.3 Å². The number of thioether (sulfide) groups is 1. The van der Waals surface area contributed by atoms with Crippen molar-refractivity contribution in [3.8, 4) is 0 Å². The maximum atomic E-state index is 7.49. The van der Waals surface area contributed by atoms with E-state index in [-0.39, 0.29) is 11.1 Å². The van der Waals surface area contributed by atoms with Crippen molar-refractivity contribution in [3.05, 3.63) is 47.0 Å². The molecule has 2 aromatic rings. The first kappa shape index (κ1) is 13.1. The molecule has 0 radical (unpaired) electrons. The SMILES string of the molecule is Cc1csc(SC(CC(=N)N)c2ccccc2)n1. The van der Waals surface area contributed by atoms with Crippen LogP contribution in [0.2, 0.25) is 0 Å². The van der Waals surface area contributed by atoms with Crippen LogP contribution in [0.4, 0.5) is 0 Å². The maximum absolute atomic E-state index is 7.49. The molecule has 5 heteroatoms. The van der Waals surface area contributed by atoms with Gasteiger partial charge in [-0.05, 0) is 12.5 Å². The molecule has 0 saturated carbocycles. The van der Waals surface area contributed by atoms with Gasteiger partial charge in [-0.15, -0.1) is 11.3 Å². The third-order valence-corrected chi connectivity index (χ3v) is 4.76. The molecule has 0 bridgehead atoms. The Bertz CT molecular complexity index is 522. The van der Waals surface area contributed by atoms with Gasteiger partial charge in [0.1, 0.15) is 0 Å². The van der Waals surface area contributed by atoms with Crippen LogP contribution in [-0.4, -0.2) is 10.8 Å². The van der Waals surface area contributed by atoms with Crippen LogP contribution in [-0.2, 0) is 0 Å². The highest BCUT2D eigenvalue weighted by atomic mass is 32.2. The molecule has 0 spiro atoms. The lowest BCUT2D eigenvalue weighted by atomic mass is 10.1. The van der Waals surface area contributed by atoms with Crippen LogP contribution in [0.15, 0.2) is 40.1 Å². The first-order chi connectivity index (χ1) is 8.65. The topological polar surface area (TPSA) is 62.8 Å². The molecule has 1 atom stereocenters. The Morgan fingerprint density at radius 2 is 2.17 bits per heavy atom. The minimum atomic E-state index is 0.161. The number of nitrogens with two attached hydrogens (primary N) is 1. The summed E-state index contributed by atoms with van der Waals surface area (Å²) in [7, 11) is 0. The largest absolute Gasteiger partial charge is 0.388 e. The minimum Gasteiger partial charge on any atom is -0.388 e. The van der Waals surface area contributed by atoms with Crippen molar-refractivity contribution in [2.45, 2.75) is 22.9 Å². The lowest BCUT2D eigenvalue weighted by molar-refractivity contribution is 0.981. The molecule has 0 aliphatic rings. The lowest BCUT2D eigenvalue weighted by Gasteiger charge is -2.14. The van der Waals surface area contributed by atoms with Gasteiger partial charge < -0.3 is 5.73 Å². The Hall–Kier alpha value is -1.33. The number of thiazole rings is 1. The second kappa shape index (κ2) is 6.02. The molecule has 94 valence electrons. The lowest BCUT2D eigenvalue weighted by Crippen LogP contribution is -2.13. The fourth-order valence-electron chi connectivity index (χ4n) is 1.60. The Morgan fingerprint density at radius 3 is 2.72 bits per heavy atom. The average Bonchev–Trinajstić information content (AvgIpc) is 2.75. The van der Waals surface area contributed by atoms with Crippen molar-refractivity contribution < 1.29 is 0 Å². The number of aryl methyl sites for hydroxylation is 1. The Kier molecular flexibility index (Phi) is 4.38. The van der Waals surface area contributed by atoms with E-state index in [1.54, 1.807) is 23.1 Å². The van der Waals surface area contributed by atoms with E-state index in [0.29, 0.717) is 6.42 Å². The van der Waals surface area contributed by atoms with Gasteiger partial charge in [0.2, 0.25) is 0 Å². The van der Waals surface area contributed by atoms with Crippen LogP contribution in [0.3, 0.4) is 0 Å². The predicted octanol–water partition coefficient (Wildman–Crippen LogP) is 3.61. The van der Waals surface area contributed by atoms with E-state index < -0.39 is 0 Å².